The molecule has 0 fully saturated rings. The molecule has 2 N–H and O–H groups in total. The first-order chi connectivity index (χ1) is 10.5. The molecule has 0 spiro atoms. The third kappa shape index (κ3) is 7.56. The van der Waals surface area contributed by atoms with Crippen molar-refractivity contribution in [2.24, 2.45) is 5.73 Å². The van der Waals surface area contributed by atoms with E-state index >= 15 is 0 Å². The van der Waals surface area contributed by atoms with Crippen molar-refractivity contribution >= 4 is 16.1 Å². The summed E-state index contributed by atoms with van der Waals surface area (Å²) in [5.41, 5.74) is 6.84. The maximum Gasteiger partial charge on any atom is 0.308 e. The summed E-state index contributed by atoms with van der Waals surface area (Å²) in [5.74, 6) is -0.503. The average Bonchev–Trinajstić information content (AvgIpc) is 2.41. The summed E-state index contributed by atoms with van der Waals surface area (Å²) in [5, 5.41) is 0. The lowest BCUT2D eigenvalue weighted by Crippen LogP contribution is -2.57. The Hall–Kier alpha value is -1.48. The van der Waals surface area contributed by atoms with Crippen molar-refractivity contribution in [1.29, 1.82) is 0 Å². The van der Waals surface area contributed by atoms with Crippen LogP contribution in [0.1, 0.15) is 12.0 Å². The molecular weight excluding hydrogens is 320 g/mol. The van der Waals surface area contributed by atoms with Gasteiger partial charge in [0.2, 0.25) is 6.23 Å². The molecule has 0 saturated carbocycles. The summed E-state index contributed by atoms with van der Waals surface area (Å²) >= 11 is 0. The van der Waals surface area contributed by atoms with Gasteiger partial charge < -0.3 is 15.0 Å². The molecule has 1 rings (SSSR count). The minimum Gasteiger partial charge on any atom is -0.461 e. The van der Waals surface area contributed by atoms with Gasteiger partial charge in [-0.05, 0) is 5.56 Å². The van der Waals surface area contributed by atoms with Crippen molar-refractivity contribution in [3.8, 4) is 0 Å². The number of carbonyl (C=O) groups is 1. The van der Waals surface area contributed by atoms with E-state index in [9.17, 15) is 13.2 Å². The van der Waals surface area contributed by atoms with Gasteiger partial charge in [-0.3, -0.25) is 4.79 Å². The van der Waals surface area contributed by atoms with Gasteiger partial charge in [-0.15, -0.1) is 0 Å². The van der Waals surface area contributed by atoms with E-state index in [0.29, 0.717) is 0 Å². The minimum absolute atomic E-state index is 0.136. The number of benzene rings is 1. The van der Waals surface area contributed by atoms with Crippen molar-refractivity contribution in [2.45, 2.75) is 25.3 Å². The molecule has 8 heteroatoms. The van der Waals surface area contributed by atoms with Crippen LogP contribution >= 0.6 is 0 Å². The summed E-state index contributed by atoms with van der Waals surface area (Å²) < 4.78 is 33.1. The Kier molecular flexibility index (Phi) is 6.69. The normalized spacial score (nSPS) is 15.0. The van der Waals surface area contributed by atoms with Gasteiger partial charge in [0.25, 0.3) is 10.1 Å². The number of ether oxygens (including phenoxy) is 1. The number of nitrogens with zero attached hydrogens (tertiary/aromatic N) is 1. The molecule has 0 bridgehead atoms. The van der Waals surface area contributed by atoms with Crippen LogP contribution in [0.5, 0.6) is 0 Å². The zero-order valence-electron chi connectivity index (χ0n) is 13.9. The number of carbonyl (C=O) groups excluding carboxylic acids is 1. The SMILES string of the molecule is C[N+](C)(C)C(OS(C)(=O)=O)C(N)CC(=O)OCc1ccccc1. The summed E-state index contributed by atoms with van der Waals surface area (Å²) in [4.78, 5) is 11.9. The van der Waals surface area contributed by atoms with Gasteiger partial charge in [0, 0.05) is 0 Å². The summed E-state index contributed by atoms with van der Waals surface area (Å²) in [6.07, 6.45) is -0.0622. The van der Waals surface area contributed by atoms with E-state index in [1.54, 1.807) is 21.1 Å². The smallest absolute Gasteiger partial charge is 0.308 e. The zero-order chi connectivity index (χ0) is 17.7. The number of likely N-dealkylation sites (N-methyl/N-ethyl adjacent to an activating group) is 1. The predicted molar refractivity (Wildman–Crippen MR) is 86.6 cm³/mol. The Morgan fingerprint density at radius 1 is 1.22 bits per heavy atom. The number of nitrogens with two attached hydrogens (primary N) is 1. The summed E-state index contributed by atoms with van der Waals surface area (Å²) in [6, 6.07) is 8.44. The van der Waals surface area contributed by atoms with Crippen LogP contribution < -0.4 is 5.73 Å². The molecule has 0 aromatic heterocycles. The molecule has 0 aliphatic heterocycles. The van der Waals surface area contributed by atoms with Crippen molar-refractivity contribution in [1.82, 2.24) is 0 Å². The van der Waals surface area contributed by atoms with Crippen molar-refractivity contribution < 1.29 is 26.6 Å². The van der Waals surface area contributed by atoms with E-state index in [1.165, 1.54) is 0 Å². The molecule has 7 nitrogen and oxygen atoms in total. The number of quaternary nitrogens is 1. The maximum atomic E-state index is 11.9. The fraction of sp³-hybridized carbons (Fsp3) is 0.533. The molecule has 0 amide bonds. The Balaban J connectivity index is 2.63. The van der Waals surface area contributed by atoms with E-state index in [4.69, 9.17) is 14.7 Å². The van der Waals surface area contributed by atoms with E-state index in [2.05, 4.69) is 0 Å². The lowest BCUT2D eigenvalue weighted by molar-refractivity contribution is -0.916. The molecule has 0 saturated heterocycles. The van der Waals surface area contributed by atoms with Crippen LogP contribution in [-0.2, 0) is 30.4 Å². The maximum absolute atomic E-state index is 11.9. The van der Waals surface area contributed by atoms with Gasteiger partial charge in [0.15, 0.2) is 0 Å². The van der Waals surface area contributed by atoms with E-state index in [-0.39, 0.29) is 17.5 Å². The van der Waals surface area contributed by atoms with Gasteiger partial charge in [-0.2, -0.15) is 8.42 Å². The second-order valence-electron chi connectivity index (χ2n) is 6.32. The van der Waals surface area contributed by atoms with Crippen LogP contribution in [0.2, 0.25) is 0 Å². The molecule has 0 radical (unpaired) electrons. The summed E-state index contributed by atoms with van der Waals surface area (Å²) in [6.45, 7) is 0.147. The van der Waals surface area contributed by atoms with Gasteiger partial charge in [-0.1, -0.05) is 30.3 Å². The predicted octanol–water partition coefficient (Wildman–Crippen LogP) is 0.456. The van der Waals surface area contributed by atoms with Gasteiger partial charge in [0.1, 0.15) is 6.61 Å². The highest BCUT2D eigenvalue weighted by Crippen LogP contribution is 2.14. The van der Waals surface area contributed by atoms with E-state index in [1.807, 2.05) is 30.3 Å². The third-order valence-electron chi connectivity index (χ3n) is 3.05. The summed E-state index contributed by atoms with van der Waals surface area (Å²) in [7, 11) is 1.53. The lowest BCUT2D eigenvalue weighted by Gasteiger charge is -2.35. The monoisotopic (exact) mass is 345 g/mol. The first kappa shape index (κ1) is 19.6. The molecule has 0 aliphatic rings. The largest absolute Gasteiger partial charge is 0.461 e. The molecule has 0 aliphatic carbocycles. The second-order valence-corrected chi connectivity index (χ2v) is 7.92. The quantitative estimate of drug-likeness (QED) is 0.318. The van der Waals surface area contributed by atoms with E-state index < -0.39 is 28.4 Å². The van der Waals surface area contributed by atoms with Gasteiger partial charge in [-0.25, -0.2) is 4.18 Å². The molecule has 23 heavy (non-hydrogen) atoms. The zero-order valence-corrected chi connectivity index (χ0v) is 14.7. The molecule has 1 aromatic rings. The molecule has 2 atom stereocenters. The van der Waals surface area contributed by atoms with Crippen LogP contribution in [0.25, 0.3) is 0 Å². The van der Waals surface area contributed by atoms with Gasteiger partial charge in [0.05, 0.1) is 39.9 Å². The highest BCUT2D eigenvalue weighted by atomic mass is 32.2. The van der Waals surface area contributed by atoms with Crippen molar-refractivity contribution in [3.63, 3.8) is 0 Å². The molecule has 0 heterocycles. The molecule has 1 aromatic carbocycles. The standard InChI is InChI=1S/C15H25N2O5S/c1-17(2,3)15(22-23(4,19)20)13(16)10-14(18)21-11-12-8-6-5-7-9-12/h5-9,13,15H,10-11,16H2,1-4H3/q+1. The topological polar surface area (TPSA) is 95.7 Å². The minimum atomic E-state index is -3.69. The molecule has 130 valence electrons. The number of rotatable bonds is 8. The van der Waals surface area contributed by atoms with Crippen molar-refractivity contribution in [2.75, 3.05) is 27.4 Å². The fourth-order valence-corrected chi connectivity index (χ4v) is 2.80. The Morgan fingerprint density at radius 2 is 1.78 bits per heavy atom. The van der Waals surface area contributed by atoms with Crippen LogP contribution in [0, 0.1) is 0 Å². The van der Waals surface area contributed by atoms with Crippen LogP contribution in [-0.4, -0.2) is 58.5 Å². The molecular formula is C15H25N2O5S+. The van der Waals surface area contributed by atoms with Crippen LogP contribution in [0.15, 0.2) is 30.3 Å². The first-order valence-corrected chi connectivity index (χ1v) is 8.95. The second kappa shape index (κ2) is 7.87. The Bertz CT molecular complexity index is 611. The lowest BCUT2D eigenvalue weighted by atomic mass is 10.1. The molecule has 2 unspecified atom stereocenters. The average molecular weight is 345 g/mol. The fourth-order valence-electron chi connectivity index (χ4n) is 2.04. The Labute approximate surface area is 137 Å². The third-order valence-corrected chi connectivity index (χ3v) is 3.59. The number of esters is 1. The first-order valence-electron chi connectivity index (χ1n) is 7.13. The van der Waals surface area contributed by atoms with E-state index in [0.717, 1.165) is 11.8 Å². The highest BCUT2D eigenvalue weighted by Gasteiger charge is 2.36. The van der Waals surface area contributed by atoms with Crippen molar-refractivity contribution in [3.05, 3.63) is 35.9 Å². The Morgan fingerprint density at radius 3 is 2.26 bits per heavy atom. The number of hydrogen-bond acceptors (Lipinski definition) is 6. The van der Waals surface area contributed by atoms with Crippen LogP contribution in [0.3, 0.4) is 0 Å². The number of hydrogen-bond donors (Lipinski definition) is 1. The highest BCUT2D eigenvalue weighted by molar-refractivity contribution is 7.86. The van der Waals surface area contributed by atoms with Crippen LogP contribution in [0.4, 0.5) is 0 Å². The van der Waals surface area contributed by atoms with Gasteiger partial charge >= 0.3 is 5.97 Å².